The van der Waals surface area contributed by atoms with Gasteiger partial charge in [-0.05, 0) is 17.7 Å². The first-order valence-corrected chi connectivity index (χ1v) is 4.14. The predicted molar refractivity (Wildman–Crippen MR) is 50.4 cm³/mol. The fourth-order valence-electron chi connectivity index (χ4n) is 1.35. The van der Waals surface area contributed by atoms with Gasteiger partial charge in [-0.3, -0.25) is 4.99 Å². The van der Waals surface area contributed by atoms with Gasteiger partial charge in [0.1, 0.15) is 0 Å². The van der Waals surface area contributed by atoms with Crippen LogP contribution in [-0.4, -0.2) is 12.9 Å². The summed E-state index contributed by atoms with van der Waals surface area (Å²) in [5.41, 5.74) is 1.87. The maximum Gasteiger partial charge on any atom is 0.0991 e. The molecule has 0 fully saturated rings. The molecular formula is C10H9N3. The first-order valence-electron chi connectivity index (χ1n) is 4.14. The molecule has 0 amide bonds. The van der Waals surface area contributed by atoms with Crippen molar-refractivity contribution in [2.45, 2.75) is 6.04 Å². The van der Waals surface area contributed by atoms with Gasteiger partial charge in [-0.1, -0.05) is 12.1 Å². The van der Waals surface area contributed by atoms with Crippen LogP contribution in [0.1, 0.15) is 17.2 Å². The van der Waals surface area contributed by atoms with Crippen molar-refractivity contribution < 1.29 is 0 Å². The van der Waals surface area contributed by atoms with Gasteiger partial charge in [0.2, 0.25) is 0 Å². The maximum atomic E-state index is 8.60. The van der Waals surface area contributed by atoms with Gasteiger partial charge in [-0.2, -0.15) is 5.26 Å². The number of hydrogen-bond acceptors (Lipinski definition) is 3. The molecule has 1 heterocycles. The van der Waals surface area contributed by atoms with E-state index in [2.05, 4.69) is 16.4 Å². The Hall–Kier alpha value is -1.82. The van der Waals surface area contributed by atoms with Crippen molar-refractivity contribution in [1.82, 2.24) is 5.32 Å². The first-order chi connectivity index (χ1) is 6.40. The minimum Gasteiger partial charge on any atom is -0.368 e. The van der Waals surface area contributed by atoms with Gasteiger partial charge in [0.05, 0.1) is 30.6 Å². The van der Waals surface area contributed by atoms with E-state index in [0.29, 0.717) is 5.56 Å². The van der Waals surface area contributed by atoms with E-state index in [-0.39, 0.29) is 6.04 Å². The molecular weight excluding hydrogens is 162 g/mol. The quantitative estimate of drug-likeness (QED) is 0.690. The van der Waals surface area contributed by atoms with Crippen molar-refractivity contribution in [1.29, 1.82) is 5.26 Å². The zero-order valence-corrected chi connectivity index (χ0v) is 7.07. The van der Waals surface area contributed by atoms with Crippen LogP contribution in [0.5, 0.6) is 0 Å². The molecule has 1 aromatic rings. The molecule has 1 aromatic carbocycles. The Kier molecular flexibility index (Phi) is 1.97. The number of benzene rings is 1. The lowest BCUT2D eigenvalue weighted by Gasteiger charge is -2.09. The maximum absolute atomic E-state index is 8.60. The number of hydrogen-bond donors (Lipinski definition) is 1. The second kappa shape index (κ2) is 3.28. The molecule has 64 valence electrons. The molecule has 1 atom stereocenters. The van der Waals surface area contributed by atoms with Crippen molar-refractivity contribution in [3.63, 3.8) is 0 Å². The summed E-state index contributed by atoms with van der Waals surface area (Å²) in [6.07, 6.45) is 1.73. The summed E-state index contributed by atoms with van der Waals surface area (Å²) in [7, 11) is 0. The van der Waals surface area contributed by atoms with Crippen molar-refractivity contribution in [2.75, 3.05) is 6.54 Å². The lowest BCUT2D eigenvalue weighted by atomic mass is 10.1. The van der Waals surface area contributed by atoms with Crippen molar-refractivity contribution in [3.05, 3.63) is 35.4 Å². The number of aliphatic imine (C=N–C) groups is 1. The lowest BCUT2D eigenvalue weighted by molar-refractivity contribution is 0.713. The predicted octanol–water partition coefficient (Wildman–Crippen LogP) is 1.23. The van der Waals surface area contributed by atoms with Crippen molar-refractivity contribution >= 4 is 6.34 Å². The molecule has 1 unspecified atom stereocenters. The topological polar surface area (TPSA) is 48.2 Å². The normalized spacial score (nSPS) is 19.5. The Morgan fingerprint density at radius 1 is 1.38 bits per heavy atom. The molecule has 13 heavy (non-hydrogen) atoms. The molecule has 0 spiro atoms. The molecule has 2 rings (SSSR count). The fraction of sp³-hybridized carbons (Fsp3) is 0.200. The molecule has 0 saturated carbocycles. The number of nitrogens with one attached hydrogen (secondary N) is 1. The molecule has 1 aliphatic heterocycles. The third-order valence-electron chi connectivity index (χ3n) is 2.10. The van der Waals surface area contributed by atoms with Crippen LogP contribution >= 0.6 is 0 Å². The number of nitriles is 1. The van der Waals surface area contributed by atoms with E-state index in [4.69, 9.17) is 5.26 Å². The van der Waals surface area contributed by atoms with Gasteiger partial charge in [-0.15, -0.1) is 0 Å². The molecule has 0 radical (unpaired) electrons. The van der Waals surface area contributed by atoms with Crippen LogP contribution in [0.3, 0.4) is 0 Å². The van der Waals surface area contributed by atoms with Crippen LogP contribution in [0.2, 0.25) is 0 Å². The van der Waals surface area contributed by atoms with Crippen LogP contribution in [0, 0.1) is 11.3 Å². The van der Waals surface area contributed by atoms with Crippen molar-refractivity contribution in [3.8, 4) is 6.07 Å². The highest BCUT2D eigenvalue weighted by atomic mass is 15.1. The zero-order valence-electron chi connectivity index (χ0n) is 7.07. The molecule has 3 nitrogen and oxygen atoms in total. The minimum atomic E-state index is 0.285. The van der Waals surface area contributed by atoms with Gasteiger partial charge >= 0.3 is 0 Å². The highest BCUT2D eigenvalue weighted by Crippen LogP contribution is 2.15. The van der Waals surface area contributed by atoms with E-state index >= 15 is 0 Å². The van der Waals surface area contributed by atoms with E-state index in [0.717, 1.165) is 6.54 Å². The van der Waals surface area contributed by atoms with E-state index in [1.165, 1.54) is 5.56 Å². The Balaban J connectivity index is 2.19. The average Bonchev–Trinajstić information content (AvgIpc) is 2.71. The second-order valence-corrected chi connectivity index (χ2v) is 2.95. The first kappa shape index (κ1) is 7.81. The van der Waals surface area contributed by atoms with E-state index in [9.17, 15) is 0 Å². The lowest BCUT2D eigenvalue weighted by Crippen LogP contribution is -2.15. The molecule has 0 bridgehead atoms. The van der Waals surface area contributed by atoms with Crippen LogP contribution in [0.25, 0.3) is 0 Å². The van der Waals surface area contributed by atoms with Crippen LogP contribution in [-0.2, 0) is 0 Å². The summed E-state index contributed by atoms with van der Waals surface area (Å²) in [5, 5.41) is 11.7. The standard InChI is InChI=1S/C10H9N3/c11-5-8-1-3-9(4-2-8)10-6-12-7-13-10/h1-4,7,10H,6H2,(H,12,13). The number of rotatable bonds is 1. The smallest absolute Gasteiger partial charge is 0.0991 e. The van der Waals surface area contributed by atoms with Gasteiger partial charge in [-0.25, -0.2) is 0 Å². The Morgan fingerprint density at radius 3 is 2.69 bits per heavy atom. The third-order valence-corrected chi connectivity index (χ3v) is 2.10. The zero-order chi connectivity index (χ0) is 9.10. The summed E-state index contributed by atoms with van der Waals surface area (Å²) >= 11 is 0. The van der Waals surface area contributed by atoms with E-state index < -0.39 is 0 Å². The molecule has 1 N–H and O–H groups in total. The summed E-state index contributed by atoms with van der Waals surface area (Å²) < 4.78 is 0. The molecule has 1 aliphatic rings. The Bertz CT molecular complexity index is 351. The Labute approximate surface area is 76.7 Å². The Morgan fingerprint density at radius 2 is 2.15 bits per heavy atom. The highest BCUT2D eigenvalue weighted by Gasteiger charge is 2.11. The summed E-state index contributed by atoms with van der Waals surface area (Å²) in [6, 6.07) is 9.96. The summed E-state index contributed by atoms with van der Waals surface area (Å²) in [6.45, 7) is 0.784. The van der Waals surface area contributed by atoms with Crippen LogP contribution in [0.4, 0.5) is 0 Å². The fourth-order valence-corrected chi connectivity index (χ4v) is 1.35. The minimum absolute atomic E-state index is 0.285. The van der Waals surface area contributed by atoms with Gasteiger partial charge in [0.25, 0.3) is 0 Å². The molecule has 0 aromatic heterocycles. The summed E-state index contributed by atoms with van der Waals surface area (Å²) in [5.74, 6) is 0. The summed E-state index contributed by atoms with van der Waals surface area (Å²) in [4.78, 5) is 4.08. The van der Waals surface area contributed by atoms with E-state index in [1.807, 2.05) is 24.3 Å². The third kappa shape index (κ3) is 1.52. The highest BCUT2D eigenvalue weighted by molar-refractivity contribution is 5.58. The SMILES string of the molecule is N#Cc1ccc(C2CN=CN2)cc1. The second-order valence-electron chi connectivity index (χ2n) is 2.95. The van der Waals surface area contributed by atoms with Crippen LogP contribution < -0.4 is 5.32 Å². The van der Waals surface area contributed by atoms with Crippen molar-refractivity contribution in [2.24, 2.45) is 4.99 Å². The molecule has 0 aliphatic carbocycles. The van der Waals surface area contributed by atoms with Gasteiger partial charge < -0.3 is 5.32 Å². The van der Waals surface area contributed by atoms with Gasteiger partial charge in [0, 0.05) is 0 Å². The van der Waals surface area contributed by atoms with Gasteiger partial charge in [0.15, 0.2) is 0 Å². The largest absolute Gasteiger partial charge is 0.368 e. The molecule has 0 saturated heterocycles. The van der Waals surface area contributed by atoms with E-state index in [1.54, 1.807) is 6.34 Å². The number of nitrogens with zero attached hydrogens (tertiary/aromatic N) is 2. The monoisotopic (exact) mass is 171 g/mol. The van der Waals surface area contributed by atoms with Crippen LogP contribution in [0.15, 0.2) is 29.3 Å². The average molecular weight is 171 g/mol. The molecule has 3 heteroatoms.